The Bertz CT molecular complexity index is 507. The first kappa shape index (κ1) is 13.6. The molecule has 0 atom stereocenters. The highest BCUT2D eigenvalue weighted by molar-refractivity contribution is 6.18. The highest BCUT2D eigenvalue weighted by Gasteiger charge is 2.10. The molecule has 1 aromatic heterocycles. The van der Waals surface area contributed by atoms with Gasteiger partial charge in [0.2, 0.25) is 11.8 Å². The summed E-state index contributed by atoms with van der Waals surface area (Å²) < 4.78 is 5.12. The van der Waals surface area contributed by atoms with Gasteiger partial charge in [-0.3, -0.25) is 0 Å². The number of hydrogen-bond donors (Lipinski definition) is 0. The van der Waals surface area contributed by atoms with Crippen molar-refractivity contribution in [2.75, 3.05) is 24.4 Å². The lowest BCUT2D eigenvalue weighted by atomic mass is 10.2. The second-order valence-corrected chi connectivity index (χ2v) is 4.37. The van der Waals surface area contributed by atoms with Crippen molar-refractivity contribution in [2.45, 2.75) is 6.54 Å². The van der Waals surface area contributed by atoms with Crippen LogP contribution in [0.1, 0.15) is 5.56 Å². The van der Waals surface area contributed by atoms with Crippen LogP contribution < -0.4 is 9.64 Å². The zero-order chi connectivity index (χ0) is 13.5. The molecule has 0 bridgehead atoms. The molecule has 0 aliphatic rings. The monoisotopic (exact) mass is 277 g/mol. The SMILES string of the molecule is COc1ccnc(N(CCCl)Cc2ccccc2)n1. The lowest BCUT2D eigenvalue weighted by molar-refractivity contribution is 0.396. The third-order valence-electron chi connectivity index (χ3n) is 2.68. The molecule has 1 heterocycles. The molecule has 0 radical (unpaired) electrons. The fourth-order valence-electron chi connectivity index (χ4n) is 1.75. The van der Waals surface area contributed by atoms with Crippen LogP contribution in [0.15, 0.2) is 42.6 Å². The van der Waals surface area contributed by atoms with Crippen LogP contribution in [0.4, 0.5) is 5.95 Å². The van der Waals surface area contributed by atoms with Gasteiger partial charge < -0.3 is 9.64 Å². The summed E-state index contributed by atoms with van der Waals surface area (Å²) in [6, 6.07) is 11.9. The van der Waals surface area contributed by atoms with Gasteiger partial charge in [-0.15, -0.1) is 11.6 Å². The number of nitrogens with zero attached hydrogens (tertiary/aromatic N) is 3. The Morgan fingerprint density at radius 2 is 2.00 bits per heavy atom. The number of ether oxygens (including phenoxy) is 1. The number of anilines is 1. The smallest absolute Gasteiger partial charge is 0.228 e. The minimum Gasteiger partial charge on any atom is -0.481 e. The molecule has 19 heavy (non-hydrogen) atoms. The van der Waals surface area contributed by atoms with Crippen molar-refractivity contribution in [3.05, 3.63) is 48.2 Å². The van der Waals surface area contributed by atoms with Gasteiger partial charge >= 0.3 is 0 Å². The van der Waals surface area contributed by atoms with E-state index in [-0.39, 0.29) is 0 Å². The largest absolute Gasteiger partial charge is 0.481 e. The Morgan fingerprint density at radius 3 is 2.68 bits per heavy atom. The molecule has 0 N–H and O–H groups in total. The molecule has 100 valence electrons. The maximum atomic E-state index is 5.86. The number of methoxy groups -OCH3 is 1. The zero-order valence-corrected chi connectivity index (χ0v) is 11.5. The van der Waals surface area contributed by atoms with E-state index < -0.39 is 0 Å². The molecule has 0 saturated carbocycles. The van der Waals surface area contributed by atoms with Gasteiger partial charge in [0.1, 0.15) is 0 Å². The Balaban J connectivity index is 2.19. The van der Waals surface area contributed by atoms with Crippen LogP contribution in [0.3, 0.4) is 0 Å². The van der Waals surface area contributed by atoms with Crippen molar-refractivity contribution in [3.63, 3.8) is 0 Å². The molecule has 1 aromatic carbocycles. The summed E-state index contributed by atoms with van der Waals surface area (Å²) in [6.45, 7) is 1.41. The Morgan fingerprint density at radius 1 is 1.21 bits per heavy atom. The van der Waals surface area contributed by atoms with Crippen molar-refractivity contribution >= 4 is 17.5 Å². The van der Waals surface area contributed by atoms with Gasteiger partial charge in [0.25, 0.3) is 0 Å². The van der Waals surface area contributed by atoms with E-state index in [2.05, 4.69) is 22.1 Å². The van der Waals surface area contributed by atoms with Gasteiger partial charge in [0, 0.05) is 31.2 Å². The lowest BCUT2D eigenvalue weighted by Gasteiger charge is -2.21. The lowest BCUT2D eigenvalue weighted by Crippen LogP contribution is -2.26. The number of halogens is 1. The van der Waals surface area contributed by atoms with Gasteiger partial charge in [0.05, 0.1) is 7.11 Å². The maximum Gasteiger partial charge on any atom is 0.228 e. The standard InChI is InChI=1S/C14H16ClN3O/c1-19-13-7-9-16-14(17-13)18(10-8-15)11-12-5-3-2-4-6-12/h2-7,9H,8,10-11H2,1H3. The quantitative estimate of drug-likeness (QED) is 0.761. The van der Waals surface area contributed by atoms with Gasteiger partial charge in [-0.2, -0.15) is 4.98 Å². The normalized spacial score (nSPS) is 10.2. The summed E-state index contributed by atoms with van der Waals surface area (Å²) in [6.07, 6.45) is 1.69. The van der Waals surface area contributed by atoms with Crippen molar-refractivity contribution < 1.29 is 4.74 Å². The fraction of sp³-hybridized carbons (Fsp3) is 0.286. The topological polar surface area (TPSA) is 38.2 Å². The highest BCUT2D eigenvalue weighted by Crippen LogP contribution is 2.15. The van der Waals surface area contributed by atoms with Crippen LogP contribution in [0.5, 0.6) is 5.88 Å². The summed E-state index contributed by atoms with van der Waals surface area (Å²) >= 11 is 5.86. The number of rotatable bonds is 6. The van der Waals surface area contributed by atoms with Gasteiger partial charge in [-0.05, 0) is 5.56 Å². The Kier molecular flexibility index (Phi) is 4.98. The van der Waals surface area contributed by atoms with Crippen LogP contribution in [-0.4, -0.2) is 29.5 Å². The Labute approximate surface area is 118 Å². The predicted molar refractivity (Wildman–Crippen MR) is 76.8 cm³/mol. The number of aromatic nitrogens is 2. The first-order valence-corrected chi connectivity index (χ1v) is 6.59. The molecule has 2 rings (SSSR count). The van der Waals surface area contributed by atoms with E-state index in [4.69, 9.17) is 16.3 Å². The van der Waals surface area contributed by atoms with Crippen LogP contribution in [-0.2, 0) is 6.54 Å². The predicted octanol–water partition coefficient (Wildman–Crippen LogP) is 2.73. The highest BCUT2D eigenvalue weighted by atomic mass is 35.5. The van der Waals surface area contributed by atoms with E-state index in [0.29, 0.717) is 24.3 Å². The summed E-state index contributed by atoms with van der Waals surface area (Å²) in [5.41, 5.74) is 1.19. The molecular formula is C14H16ClN3O. The summed E-state index contributed by atoms with van der Waals surface area (Å²) in [4.78, 5) is 10.7. The molecule has 0 aliphatic heterocycles. The fourth-order valence-corrected chi connectivity index (χ4v) is 1.96. The first-order chi connectivity index (χ1) is 9.33. The minimum absolute atomic E-state index is 0.521. The zero-order valence-electron chi connectivity index (χ0n) is 10.8. The van der Waals surface area contributed by atoms with Crippen molar-refractivity contribution in [3.8, 4) is 5.88 Å². The molecule has 0 fully saturated rings. The molecule has 0 aliphatic carbocycles. The van der Waals surface area contributed by atoms with Crippen LogP contribution >= 0.6 is 11.6 Å². The Hall–Kier alpha value is -1.81. The second kappa shape index (κ2) is 6.95. The van der Waals surface area contributed by atoms with E-state index in [1.165, 1.54) is 5.56 Å². The molecule has 5 heteroatoms. The molecule has 0 spiro atoms. The average molecular weight is 278 g/mol. The molecule has 0 unspecified atom stereocenters. The van der Waals surface area contributed by atoms with Crippen LogP contribution in [0.2, 0.25) is 0 Å². The minimum atomic E-state index is 0.521. The van der Waals surface area contributed by atoms with E-state index in [1.807, 2.05) is 23.1 Å². The van der Waals surface area contributed by atoms with Crippen LogP contribution in [0, 0.1) is 0 Å². The summed E-state index contributed by atoms with van der Waals surface area (Å²) in [5.74, 6) is 1.70. The van der Waals surface area contributed by atoms with Gasteiger partial charge in [-0.1, -0.05) is 30.3 Å². The van der Waals surface area contributed by atoms with Gasteiger partial charge in [-0.25, -0.2) is 4.98 Å². The van der Waals surface area contributed by atoms with E-state index in [9.17, 15) is 0 Å². The van der Waals surface area contributed by atoms with Crippen molar-refractivity contribution in [1.82, 2.24) is 9.97 Å². The average Bonchev–Trinajstić information content (AvgIpc) is 2.48. The summed E-state index contributed by atoms with van der Waals surface area (Å²) in [5, 5.41) is 0. The number of hydrogen-bond acceptors (Lipinski definition) is 4. The van der Waals surface area contributed by atoms with Gasteiger partial charge in [0.15, 0.2) is 0 Å². The van der Waals surface area contributed by atoms with Crippen LogP contribution in [0.25, 0.3) is 0 Å². The molecule has 2 aromatic rings. The first-order valence-electron chi connectivity index (χ1n) is 6.05. The molecule has 0 saturated heterocycles. The van der Waals surface area contributed by atoms with Crippen molar-refractivity contribution in [2.24, 2.45) is 0 Å². The maximum absolute atomic E-state index is 5.86. The van der Waals surface area contributed by atoms with E-state index >= 15 is 0 Å². The third-order valence-corrected chi connectivity index (χ3v) is 2.85. The second-order valence-electron chi connectivity index (χ2n) is 4.00. The van der Waals surface area contributed by atoms with E-state index in [0.717, 1.165) is 6.54 Å². The summed E-state index contributed by atoms with van der Waals surface area (Å²) in [7, 11) is 1.59. The molecule has 4 nitrogen and oxygen atoms in total. The third kappa shape index (κ3) is 3.83. The number of benzene rings is 1. The molecular weight excluding hydrogens is 262 g/mol. The molecule has 0 amide bonds. The van der Waals surface area contributed by atoms with E-state index in [1.54, 1.807) is 19.4 Å². The van der Waals surface area contributed by atoms with Crippen molar-refractivity contribution in [1.29, 1.82) is 0 Å². The number of alkyl halides is 1.